The van der Waals surface area contributed by atoms with E-state index in [2.05, 4.69) is 10.6 Å². The van der Waals surface area contributed by atoms with Gasteiger partial charge in [-0.2, -0.15) is 0 Å². The molecule has 6 heteroatoms. The molecular formula is C19H22N2O4. The number of carbonyl (C=O) groups is 2. The average Bonchev–Trinajstić information content (AvgIpc) is 2.65. The van der Waals surface area contributed by atoms with E-state index < -0.39 is 0 Å². The molecule has 0 aliphatic carbocycles. The van der Waals surface area contributed by atoms with Crippen LogP contribution in [-0.2, 0) is 9.59 Å². The van der Waals surface area contributed by atoms with Gasteiger partial charge in [-0.25, -0.2) is 0 Å². The number of para-hydroxylation sites is 1. The number of hydrogen-bond donors (Lipinski definition) is 2. The molecule has 6 nitrogen and oxygen atoms in total. The molecule has 0 atom stereocenters. The molecule has 2 aromatic carbocycles. The summed E-state index contributed by atoms with van der Waals surface area (Å²) in [4.78, 5) is 23.0. The molecule has 0 saturated heterocycles. The Balaban J connectivity index is 1.72. The lowest BCUT2D eigenvalue weighted by molar-refractivity contribution is -0.127. The van der Waals surface area contributed by atoms with Crippen molar-refractivity contribution in [2.24, 2.45) is 0 Å². The molecule has 2 aromatic rings. The first-order valence-corrected chi connectivity index (χ1v) is 8.16. The average molecular weight is 342 g/mol. The molecule has 0 aliphatic heterocycles. The van der Waals surface area contributed by atoms with E-state index in [1.165, 1.54) is 0 Å². The normalized spacial score (nSPS) is 9.96. The standard InChI is InChI=1S/C19H22N2O4/c1-2-12-20-18(22)13-21-19(23)14-24-15-8-10-17(11-9-15)25-16-6-4-3-5-7-16/h3-11H,2,12-14H2,1H3,(H,20,22)(H,21,23). The molecule has 2 N–H and O–H groups in total. The smallest absolute Gasteiger partial charge is 0.258 e. The molecule has 25 heavy (non-hydrogen) atoms. The molecule has 2 rings (SSSR count). The van der Waals surface area contributed by atoms with Crippen molar-refractivity contribution in [3.05, 3.63) is 54.6 Å². The minimum atomic E-state index is -0.351. The van der Waals surface area contributed by atoms with Crippen molar-refractivity contribution in [2.75, 3.05) is 19.7 Å². The van der Waals surface area contributed by atoms with Gasteiger partial charge in [0.15, 0.2) is 6.61 Å². The van der Waals surface area contributed by atoms with E-state index in [0.29, 0.717) is 18.0 Å². The van der Waals surface area contributed by atoms with Crippen LogP contribution in [0.15, 0.2) is 54.6 Å². The molecular weight excluding hydrogens is 320 g/mol. The monoisotopic (exact) mass is 342 g/mol. The molecule has 0 aliphatic rings. The van der Waals surface area contributed by atoms with Crippen LogP contribution in [0.5, 0.6) is 17.2 Å². The van der Waals surface area contributed by atoms with Crippen LogP contribution in [0.25, 0.3) is 0 Å². The number of rotatable bonds is 9. The number of amides is 2. The molecule has 0 heterocycles. The summed E-state index contributed by atoms with van der Waals surface area (Å²) in [6.45, 7) is 2.36. The van der Waals surface area contributed by atoms with Crippen LogP contribution < -0.4 is 20.1 Å². The Morgan fingerprint density at radius 2 is 1.48 bits per heavy atom. The summed E-state index contributed by atoms with van der Waals surface area (Å²) in [6.07, 6.45) is 0.854. The number of ether oxygens (including phenoxy) is 2. The number of carbonyl (C=O) groups excluding carboxylic acids is 2. The third-order valence-corrected chi connectivity index (χ3v) is 3.19. The first kappa shape index (κ1) is 18.3. The van der Waals surface area contributed by atoms with Crippen LogP contribution in [0.3, 0.4) is 0 Å². The van der Waals surface area contributed by atoms with E-state index in [0.717, 1.165) is 12.2 Å². The third kappa shape index (κ3) is 6.95. The Labute approximate surface area is 147 Å². The zero-order valence-corrected chi connectivity index (χ0v) is 14.2. The van der Waals surface area contributed by atoms with Gasteiger partial charge in [0.2, 0.25) is 5.91 Å². The highest BCUT2D eigenvalue weighted by Crippen LogP contribution is 2.23. The van der Waals surface area contributed by atoms with Gasteiger partial charge in [-0.1, -0.05) is 25.1 Å². The quantitative estimate of drug-likeness (QED) is 0.734. The predicted octanol–water partition coefficient (Wildman–Crippen LogP) is 2.50. The van der Waals surface area contributed by atoms with Crippen molar-refractivity contribution < 1.29 is 19.1 Å². The van der Waals surface area contributed by atoms with Crippen LogP contribution in [-0.4, -0.2) is 31.5 Å². The highest BCUT2D eigenvalue weighted by molar-refractivity contribution is 5.85. The summed E-state index contributed by atoms with van der Waals surface area (Å²) >= 11 is 0. The molecule has 0 aromatic heterocycles. The number of nitrogens with one attached hydrogen (secondary N) is 2. The van der Waals surface area contributed by atoms with Crippen molar-refractivity contribution in [1.82, 2.24) is 10.6 Å². The van der Waals surface area contributed by atoms with Gasteiger partial charge in [0.1, 0.15) is 17.2 Å². The Kier molecular flexibility index (Phi) is 7.31. The van der Waals surface area contributed by atoms with Gasteiger partial charge in [0, 0.05) is 6.54 Å². The van der Waals surface area contributed by atoms with E-state index in [1.54, 1.807) is 24.3 Å². The first-order chi connectivity index (χ1) is 12.2. The summed E-state index contributed by atoms with van der Waals surface area (Å²) in [5.41, 5.74) is 0. The van der Waals surface area contributed by atoms with Crippen LogP contribution in [0.1, 0.15) is 13.3 Å². The topological polar surface area (TPSA) is 76.7 Å². The fourth-order valence-electron chi connectivity index (χ4n) is 1.93. The lowest BCUT2D eigenvalue weighted by atomic mass is 10.3. The second-order valence-electron chi connectivity index (χ2n) is 5.30. The molecule has 0 unspecified atom stereocenters. The Morgan fingerprint density at radius 1 is 0.840 bits per heavy atom. The van der Waals surface area contributed by atoms with Gasteiger partial charge in [-0.3, -0.25) is 9.59 Å². The van der Waals surface area contributed by atoms with E-state index in [9.17, 15) is 9.59 Å². The molecule has 0 spiro atoms. The second-order valence-corrected chi connectivity index (χ2v) is 5.30. The molecule has 0 saturated carbocycles. The maximum absolute atomic E-state index is 11.7. The van der Waals surface area contributed by atoms with Crippen LogP contribution >= 0.6 is 0 Å². The Bertz CT molecular complexity index is 672. The highest BCUT2D eigenvalue weighted by atomic mass is 16.5. The third-order valence-electron chi connectivity index (χ3n) is 3.19. The van der Waals surface area contributed by atoms with Crippen molar-refractivity contribution in [1.29, 1.82) is 0 Å². The fraction of sp³-hybridized carbons (Fsp3) is 0.263. The molecule has 132 valence electrons. The lowest BCUT2D eigenvalue weighted by Gasteiger charge is -2.09. The van der Waals surface area contributed by atoms with Gasteiger partial charge in [0.25, 0.3) is 5.91 Å². The van der Waals surface area contributed by atoms with Crippen LogP contribution in [0, 0.1) is 0 Å². The van der Waals surface area contributed by atoms with Gasteiger partial charge in [0.05, 0.1) is 6.54 Å². The maximum Gasteiger partial charge on any atom is 0.258 e. The van der Waals surface area contributed by atoms with E-state index >= 15 is 0 Å². The summed E-state index contributed by atoms with van der Waals surface area (Å²) < 4.78 is 11.1. The zero-order chi connectivity index (χ0) is 17.9. The van der Waals surface area contributed by atoms with Crippen molar-refractivity contribution >= 4 is 11.8 Å². The summed E-state index contributed by atoms with van der Waals surface area (Å²) in [7, 11) is 0. The Morgan fingerprint density at radius 3 is 2.16 bits per heavy atom. The van der Waals surface area contributed by atoms with E-state index in [-0.39, 0.29) is 25.0 Å². The van der Waals surface area contributed by atoms with Gasteiger partial charge < -0.3 is 20.1 Å². The fourth-order valence-corrected chi connectivity index (χ4v) is 1.93. The highest BCUT2D eigenvalue weighted by Gasteiger charge is 2.06. The van der Waals surface area contributed by atoms with Crippen molar-refractivity contribution in [2.45, 2.75) is 13.3 Å². The Hall–Kier alpha value is -3.02. The first-order valence-electron chi connectivity index (χ1n) is 8.16. The van der Waals surface area contributed by atoms with Crippen LogP contribution in [0.2, 0.25) is 0 Å². The van der Waals surface area contributed by atoms with E-state index in [1.807, 2.05) is 37.3 Å². The van der Waals surface area contributed by atoms with Gasteiger partial charge in [-0.05, 0) is 42.8 Å². The van der Waals surface area contributed by atoms with Crippen LogP contribution in [0.4, 0.5) is 0 Å². The number of hydrogen-bond acceptors (Lipinski definition) is 4. The van der Waals surface area contributed by atoms with E-state index in [4.69, 9.17) is 9.47 Å². The van der Waals surface area contributed by atoms with Gasteiger partial charge in [-0.15, -0.1) is 0 Å². The largest absolute Gasteiger partial charge is 0.484 e. The molecule has 0 bridgehead atoms. The van der Waals surface area contributed by atoms with Crippen molar-refractivity contribution in [3.8, 4) is 17.2 Å². The zero-order valence-electron chi connectivity index (χ0n) is 14.2. The summed E-state index contributed by atoms with van der Waals surface area (Å²) in [6, 6.07) is 16.4. The summed E-state index contributed by atoms with van der Waals surface area (Å²) in [5.74, 6) is 1.41. The lowest BCUT2D eigenvalue weighted by Crippen LogP contribution is -2.39. The van der Waals surface area contributed by atoms with Gasteiger partial charge >= 0.3 is 0 Å². The minimum Gasteiger partial charge on any atom is -0.484 e. The predicted molar refractivity (Wildman–Crippen MR) is 94.8 cm³/mol. The summed E-state index contributed by atoms with van der Waals surface area (Å²) in [5, 5.41) is 5.18. The maximum atomic E-state index is 11.7. The minimum absolute atomic E-state index is 0.0496. The van der Waals surface area contributed by atoms with Crippen molar-refractivity contribution in [3.63, 3.8) is 0 Å². The molecule has 0 radical (unpaired) electrons. The SMILES string of the molecule is CCCNC(=O)CNC(=O)COc1ccc(Oc2ccccc2)cc1. The second kappa shape index (κ2) is 9.97. The number of benzene rings is 2. The molecule has 2 amide bonds. The molecule has 0 fully saturated rings.